The number of amides is 1. The van der Waals surface area contributed by atoms with Crippen molar-refractivity contribution in [1.82, 2.24) is 9.55 Å². The van der Waals surface area contributed by atoms with Gasteiger partial charge in [-0.3, -0.25) is 14.2 Å². The van der Waals surface area contributed by atoms with Crippen molar-refractivity contribution in [2.75, 3.05) is 18.1 Å². The molecule has 0 aliphatic rings. The van der Waals surface area contributed by atoms with E-state index in [-0.39, 0.29) is 31.0 Å². The lowest BCUT2D eigenvalue weighted by Crippen LogP contribution is -2.37. The van der Waals surface area contributed by atoms with Crippen molar-refractivity contribution >= 4 is 33.1 Å². The van der Waals surface area contributed by atoms with Crippen molar-refractivity contribution in [3.05, 3.63) is 76.8 Å². The Labute approximate surface area is 201 Å². The van der Waals surface area contributed by atoms with Crippen LogP contribution < -0.4 is 15.2 Å². The topological polar surface area (TPSA) is 88.2 Å². The molecule has 8 heteroatoms. The third-order valence-electron chi connectivity index (χ3n) is 5.47. The van der Waals surface area contributed by atoms with E-state index < -0.39 is 0 Å². The Bertz CT molecular complexity index is 1400. The second-order valence-electron chi connectivity index (χ2n) is 7.66. The summed E-state index contributed by atoms with van der Waals surface area (Å²) >= 11 is 1.47. The summed E-state index contributed by atoms with van der Waals surface area (Å²) in [5, 5.41) is 9.60. The van der Waals surface area contributed by atoms with Gasteiger partial charge in [-0.15, -0.1) is 11.3 Å². The molecule has 0 aliphatic heterocycles. The first-order valence-electron chi connectivity index (χ1n) is 11.0. The Kier molecular flexibility index (Phi) is 7.04. The number of nitrogens with zero attached hydrogens (tertiary/aromatic N) is 4. The van der Waals surface area contributed by atoms with Crippen molar-refractivity contribution in [3.8, 4) is 22.3 Å². The number of aryl methyl sites for hydroxylation is 1. The molecule has 4 aromatic rings. The number of carbonyl (C=O) groups is 1. The van der Waals surface area contributed by atoms with Crippen LogP contribution >= 0.6 is 11.3 Å². The molecule has 0 N–H and O–H groups in total. The van der Waals surface area contributed by atoms with Crippen LogP contribution in [-0.4, -0.2) is 28.6 Å². The third-order valence-corrected chi connectivity index (χ3v) is 6.72. The smallest absolute Gasteiger partial charge is 0.262 e. The molecular weight excluding hydrogens is 448 g/mol. The molecule has 2 aromatic heterocycles. The Morgan fingerprint density at radius 1 is 1.18 bits per heavy atom. The van der Waals surface area contributed by atoms with Gasteiger partial charge in [0.25, 0.3) is 5.56 Å². The van der Waals surface area contributed by atoms with Crippen LogP contribution in [-0.2, 0) is 11.3 Å². The molecule has 2 heterocycles. The van der Waals surface area contributed by atoms with Crippen LogP contribution in [0, 0.1) is 18.3 Å². The molecule has 2 aromatic carbocycles. The van der Waals surface area contributed by atoms with Gasteiger partial charge in [-0.25, -0.2) is 4.98 Å². The molecule has 0 fully saturated rings. The Balaban J connectivity index is 1.65. The fraction of sp³-hybridized carbons (Fsp3) is 0.231. The van der Waals surface area contributed by atoms with Crippen LogP contribution in [0.1, 0.15) is 18.9 Å². The summed E-state index contributed by atoms with van der Waals surface area (Å²) < 4.78 is 6.81. The van der Waals surface area contributed by atoms with E-state index in [1.165, 1.54) is 27.1 Å². The first kappa shape index (κ1) is 23.2. The van der Waals surface area contributed by atoms with Gasteiger partial charge in [0.15, 0.2) is 0 Å². The highest BCUT2D eigenvalue weighted by Crippen LogP contribution is 2.35. The molecule has 0 bridgehead atoms. The van der Waals surface area contributed by atoms with E-state index in [1.807, 2.05) is 44.2 Å². The first-order valence-corrected chi connectivity index (χ1v) is 11.8. The summed E-state index contributed by atoms with van der Waals surface area (Å²) in [7, 11) is 0. The lowest BCUT2D eigenvalue weighted by molar-refractivity contribution is -0.119. The summed E-state index contributed by atoms with van der Waals surface area (Å²) in [6, 6.07) is 19.1. The van der Waals surface area contributed by atoms with Gasteiger partial charge in [-0.1, -0.05) is 30.3 Å². The lowest BCUT2D eigenvalue weighted by Gasteiger charge is -2.22. The highest BCUT2D eigenvalue weighted by atomic mass is 32.1. The number of fused-ring (bicyclic) bond motifs is 1. The number of aromatic nitrogens is 2. The first-order chi connectivity index (χ1) is 16.5. The van der Waals surface area contributed by atoms with E-state index in [1.54, 1.807) is 24.3 Å². The fourth-order valence-electron chi connectivity index (χ4n) is 3.82. The molecule has 0 spiro atoms. The maximum atomic E-state index is 13.3. The average molecular weight is 473 g/mol. The van der Waals surface area contributed by atoms with Gasteiger partial charge in [-0.2, -0.15) is 5.26 Å². The van der Waals surface area contributed by atoms with Crippen LogP contribution in [0.3, 0.4) is 0 Å². The van der Waals surface area contributed by atoms with Crippen molar-refractivity contribution in [1.29, 1.82) is 5.26 Å². The van der Waals surface area contributed by atoms with Crippen LogP contribution in [0.5, 0.6) is 5.75 Å². The van der Waals surface area contributed by atoms with Gasteiger partial charge in [0.05, 0.1) is 30.8 Å². The molecular formula is C26H24N4O3S. The molecule has 0 unspecified atom stereocenters. The van der Waals surface area contributed by atoms with E-state index in [4.69, 9.17) is 10.00 Å². The fourth-order valence-corrected chi connectivity index (χ4v) is 4.96. The quantitative estimate of drug-likeness (QED) is 0.368. The zero-order valence-corrected chi connectivity index (χ0v) is 19.8. The van der Waals surface area contributed by atoms with Crippen LogP contribution in [0.15, 0.2) is 65.7 Å². The van der Waals surface area contributed by atoms with Crippen LogP contribution in [0.4, 0.5) is 5.69 Å². The number of thiophene rings is 1. The molecule has 0 radical (unpaired) electrons. The minimum atomic E-state index is -0.293. The molecule has 0 saturated carbocycles. The van der Waals surface area contributed by atoms with Gasteiger partial charge in [0.2, 0.25) is 5.91 Å². The molecule has 0 atom stereocenters. The highest BCUT2D eigenvalue weighted by molar-refractivity contribution is 7.22. The Hall–Kier alpha value is -3.96. The molecule has 4 rings (SSSR count). The highest BCUT2D eigenvalue weighted by Gasteiger charge is 2.20. The van der Waals surface area contributed by atoms with Gasteiger partial charge >= 0.3 is 0 Å². The average Bonchev–Trinajstić information content (AvgIpc) is 3.20. The second kappa shape index (κ2) is 10.3. The monoisotopic (exact) mass is 472 g/mol. The number of hydrogen-bond acceptors (Lipinski definition) is 6. The third kappa shape index (κ3) is 4.70. The number of hydrogen-bond donors (Lipinski definition) is 0. The number of benzene rings is 2. The van der Waals surface area contributed by atoms with Gasteiger partial charge < -0.3 is 9.64 Å². The van der Waals surface area contributed by atoms with Crippen molar-refractivity contribution in [3.63, 3.8) is 0 Å². The molecule has 1 amide bonds. The van der Waals surface area contributed by atoms with Crippen molar-refractivity contribution < 1.29 is 9.53 Å². The summed E-state index contributed by atoms with van der Waals surface area (Å²) in [4.78, 5) is 34.2. The minimum absolute atomic E-state index is 0.170. The van der Waals surface area contributed by atoms with E-state index in [9.17, 15) is 9.59 Å². The van der Waals surface area contributed by atoms with Crippen molar-refractivity contribution in [2.24, 2.45) is 0 Å². The van der Waals surface area contributed by atoms with E-state index >= 15 is 0 Å². The van der Waals surface area contributed by atoms with Crippen LogP contribution in [0.25, 0.3) is 20.7 Å². The molecule has 0 saturated heterocycles. The van der Waals surface area contributed by atoms with E-state index in [0.717, 1.165) is 16.0 Å². The molecule has 7 nitrogen and oxygen atoms in total. The number of nitriles is 1. The van der Waals surface area contributed by atoms with Crippen LogP contribution in [0.2, 0.25) is 0 Å². The maximum Gasteiger partial charge on any atom is 0.262 e. The number of carbonyl (C=O) groups excluding carboxylic acids is 1. The summed E-state index contributed by atoms with van der Waals surface area (Å²) in [5.74, 6) is 0.408. The number of ether oxygens (including phenoxy) is 1. The van der Waals surface area contributed by atoms with Gasteiger partial charge in [0, 0.05) is 17.1 Å². The maximum absolute atomic E-state index is 13.3. The summed E-state index contributed by atoms with van der Waals surface area (Å²) in [6.07, 6.45) is 1.60. The van der Waals surface area contributed by atoms with Crippen molar-refractivity contribution in [2.45, 2.75) is 26.8 Å². The van der Waals surface area contributed by atoms with E-state index in [2.05, 4.69) is 11.1 Å². The molecule has 172 valence electrons. The zero-order valence-electron chi connectivity index (χ0n) is 19.0. The summed E-state index contributed by atoms with van der Waals surface area (Å²) in [5.41, 5.74) is 2.28. The largest absolute Gasteiger partial charge is 0.494 e. The minimum Gasteiger partial charge on any atom is -0.494 e. The zero-order chi connectivity index (χ0) is 24.1. The normalized spacial score (nSPS) is 10.7. The van der Waals surface area contributed by atoms with E-state index in [0.29, 0.717) is 28.3 Å². The number of anilines is 1. The second-order valence-corrected chi connectivity index (χ2v) is 8.66. The Morgan fingerprint density at radius 2 is 1.91 bits per heavy atom. The standard InChI is InChI=1S/C26H24N4O3S/c1-3-33-21-12-10-20(11-13-21)30(15-7-14-27)22(31)16-29-17-28-25-23(26(29)32)18(2)24(34-25)19-8-5-4-6-9-19/h4-6,8-13,17H,3,7,15-16H2,1-2H3. The lowest BCUT2D eigenvalue weighted by atomic mass is 10.1. The predicted octanol–water partition coefficient (Wildman–Crippen LogP) is 4.78. The van der Waals surface area contributed by atoms with Gasteiger partial charge in [0.1, 0.15) is 17.1 Å². The number of rotatable bonds is 8. The van der Waals surface area contributed by atoms with Gasteiger partial charge in [-0.05, 0) is 49.2 Å². The molecule has 34 heavy (non-hydrogen) atoms. The SMILES string of the molecule is CCOc1ccc(N(CCC#N)C(=O)Cn2cnc3sc(-c4ccccc4)c(C)c3c2=O)cc1. The molecule has 0 aliphatic carbocycles. The summed E-state index contributed by atoms with van der Waals surface area (Å²) in [6.45, 7) is 4.41. The predicted molar refractivity (Wildman–Crippen MR) is 134 cm³/mol. The Morgan fingerprint density at radius 3 is 2.59 bits per heavy atom.